The fourth-order valence-electron chi connectivity index (χ4n) is 4.02. The number of carbonyl (C=O) groups is 2. The number of piperidine rings is 1. The average Bonchev–Trinajstić information content (AvgIpc) is 3.30. The van der Waals surface area contributed by atoms with Gasteiger partial charge in [0, 0.05) is 22.2 Å². The summed E-state index contributed by atoms with van der Waals surface area (Å²) >= 11 is 5.93. The van der Waals surface area contributed by atoms with Crippen molar-refractivity contribution in [3.8, 4) is 11.4 Å². The molecule has 2 heterocycles. The van der Waals surface area contributed by atoms with Crippen molar-refractivity contribution in [1.29, 1.82) is 0 Å². The lowest BCUT2D eigenvalue weighted by atomic mass is 9.95. The molecule has 0 bridgehead atoms. The molecule has 1 aliphatic rings. The van der Waals surface area contributed by atoms with Crippen LogP contribution in [0.2, 0.25) is 5.02 Å². The number of nitrogens with zero attached hydrogens (tertiary/aromatic N) is 3. The zero-order valence-corrected chi connectivity index (χ0v) is 20.0. The second-order valence-corrected chi connectivity index (χ2v) is 8.69. The Morgan fingerprint density at radius 3 is 2.62 bits per heavy atom. The number of likely N-dealkylation sites (tertiary alicyclic amines) is 1. The van der Waals surface area contributed by atoms with Crippen LogP contribution >= 0.6 is 11.6 Å². The topological polar surface area (TPSA) is 97.6 Å². The van der Waals surface area contributed by atoms with E-state index in [1.54, 1.807) is 37.3 Å². The van der Waals surface area contributed by atoms with Crippen LogP contribution in [0.15, 0.2) is 47.0 Å². The van der Waals surface area contributed by atoms with Gasteiger partial charge in [0.1, 0.15) is 0 Å². The molecule has 0 radical (unpaired) electrons. The van der Waals surface area contributed by atoms with Crippen LogP contribution in [0.25, 0.3) is 11.4 Å². The molecule has 0 aliphatic carbocycles. The Kier molecular flexibility index (Phi) is 7.59. The Balaban J connectivity index is 1.30. The van der Waals surface area contributed by atoms with Gasteiger partial charge in [0.2, 0.25) is 17.6 Å². The lowest BCUT2D eigenvalue weighted by Crippen LogP contribution is -2.38. The number of nitrogens with one attached hydrogen (secondary N) is 1. The van der Waals surface area contributed by atoms with Crippen molar-refractivity contribution in [2.24, 2.45) is 5.92 Å². The first-order chi connectivity index (χ1) is 16.4. The second-order valence-electron chi connectivity index (χ2n) is 8.26. The minimum Gasteiger partial charge on any atom is -0.462 e. The lowest BCUT2D eigenvalue weighted by molar-refractivity contribution is -0.121. The molecule has 1 amide bonds. The SMILES string of the molecule is CCOC(=O)c1cccc(NC(=O)C2CCN(Cc3nc(-c4ccc(Cl)cc4)no3)CC2)c1C. The monoisotopic (exact) mass is 482 g/mol. The van der Waals surface area contributed by atoms with Crippen molar-refractivity contribution in [1.82, 2.24) is 15.0 Å². The van der Waals surface area contributed by atoms with Crippen molar-refractivity contribution in [3.05, 3.63) is 64.5 Å². The maximum Gasteiger partial charge on any atom is 0.338 e. The summed E-state index contributed by atoms with van der Waals surface area (Å²) in [6, 6.07) is 12.5. The summed E-state index contributed by atoms with van der Waals surface area (Å²) in [5.41, 5.74) is 2.65. The summed E-state index contributed by atoms with van der Waals surface area (Å²) in [6.07, 6.45) is 1.45. The highest BCUT2D eigenvalue weighted by atomic mass is 35.5. The number of carbonyl (C=O) groups excluding carboxylic acids is 2. The molecule has 34 heavy (non-hydrogen) atoms. The third kappa shape index (κ3) is 5.63. The standard InChI is InChI=1S/C25H27ClN4O4/c1-3-33-25(32)20-5-4-6-21(16(20)2)27-24(31)18-11-13-30(14-12-18)15-22-28-23(29-34-22)17-7-9-19(26)10-8-17/h4-10,18H,3,11-15H2,1-2H3,(H,27,31). The second kappa shape index (κ2) is 10.8. The van der Waals surface area contributed by atoms with Gasteiger partial charge in [0.05, 0.1) is 18.7 Å². The van der Waals surface area contributed by atoms with E-state index in [0.29, 0.717) is 46.7 Å². The van der Waals surface area contributed by atoms with Crippen molar-refractivity contribution >= 4 is 29.2 Å². The quantitative estimate of drug-likeness (QED) is 0.486. The smallest absolute Gasteiger partial charge is 0.338 e. The fourth-order valence-corrected chi connectivity index (χ4v) is 4.14. The average molecular weight is 483 g/mol. The molecule has 0 unspecified atom stereocenters. The zero-order chi connectivity index (χ0) is 24.1. The number of hydrogen-bond donors (Lipinski definition) is 1. The third-order valence-corrected chi connectivity index (χ3v) is 6.23. The first kappa shape index (κ1) is 23.9. The predicted molar refractivity (Wildman–Crippen MR) is 129 cm³/mol. The van der Waals surface area contributed by atoms with Crippen LogP contribution in [-0.4, -0.2) is 46.6 Å². The van der Waals surface area contributed by atoms with Crippen LogP contribution in [0.3, 0.4) is 0 Å². The lowest BCUT2D eigenvalue weighted by Gasteiger charge is -2.30. The first-order valence-electron chi connectivity index (χ1n) is 11.3. The summed E-state index contributed by atoms with van der Waals surface area (Å²) in [4.78, 5) is 31.7. The van der Waals surface area contributed by atoms with Crippen LogP contribution in [0.4, 0.5) is 5.69 Å². The van der Waals surface area contributed by atoms with Crippen LogP contribution in [0.5, 0.6) is 0 Å². The molecule has 1 aliphatic heterocycles. The Morgan fingerprint density at radius 1 is 1.18 bits per heavy atom. The van der Waals surface area contributed by atoms with Gasteiger partial charge in [0.25, 0.3) is 0 Å². The van der Waals surface area contributed by atoms with Gasteiger partial charge >= 0.3 is 5.97 Å². The van der Waals surface area contributed by atoms with E-state index in [1.165, 1.54) is 0 Å². The molecule has 0 spiro atoms. The van der Waals surface area contributed by atoms with E-state index < -0.39 is 0 Å². The fraction of sp³-hybridized carbons (Fsp3) is 0.360. The van der Waals surface area contributed by atoms with Gasteiger partial charge in [0.15, 0.2) is 0 Å². The Bertz CT molecular complexity index is 1150. The number of benzene rings is 2. The molecule has 1 N–H and O–H groups in total. The predicted octanol–water partition coefficient (Wildman–Crippen LogP) is 4.73. The van der Waals surface area contributed by atoms with E-state index >= 15 is 0 Å². The molecular formula is C25H27ClN4O4. The van der Waals surface area contributed by atoms with Gasteiger partial charge < -0.3 is 14.6 Å². The molecule has 3 aromatic rings. The highest BCUT2D eigenvalue weighted by Gasteiger charge is 2.27. The van der Waals surface area contributed by atoms with Crippen molar-refractivity contribution in [2.75, 3.05) is 25.0 Å². The van der Waals surface area contributed by atoms with Crippen LogP contribution < -0.4 is 5.32 Å². The van der Waals surface area contributed by atoms with Gasteiger partial charge in [-0.1, -0.05) is 22.8 Å². The third-order valence-electron chi connectivity index (χ3n) is 5.97. The normalized spacial score (nSPS) is 14.7. The van der Waals surface area contributed by atoms with E-state index in [4.69, 9.17) is 20.9 Å². The van der Waals surface area contributed by atoms with Gasteiger partial charge in [-0.25, -0.2) is 4.79 Å². The molecule has 178 valence electrons. The summed E-state index contributed by atoms with van der Waals surface area (Å²) < 4.78 is 10.5. The number of ether oxygens (including phenoxy) is 1. The van der Waals surface area contributed by atoms with Crippen molar-refractivity contribution in [2.45, 2.75) is 33.2 Å². The Hall–Kier alpha value is -3.23. The molecule has 2 aromatic carbocycles. The van der Waals surface area contributed by atoms with Crippen LogP contribution in [-0.2, 0) is 16.1 Å². The maximum absolute atomic E-state index is 12.9. The van der Waals surface area contributed by atoms with E-state index in [2.05, 4.69) is 20.4 Å². The largest absolute Gasteiger partial charge is 0.462 e. The maximum atomic E-state index is 12.9. The minimum atomic E-state index is -0.385. The number of esters is 1. The van der Waals surface area contributed by atoms with Crippen LogP contribution in [0.1, 0.15) is 41.6 Å². The molecule has 0 atom stereocenters. The van der Waals surface area contributed by atoms with E-state index in [1.807, 2.05) is 19.1 Å². The summed E-state index contributed by atoms with van der Waals surface area (Å²) in [7, 11) is 0. The number of aromatic nitrogens is 2. The number of anilines is 1. The zero-order valence-electron chi connectivity index (χ0n) is 19.2. The van der Waals surface area contributed by atoms with Gasteiger partial charge in [-0.3, -0.25) is 9.69 Å². The Morgan fingerprint density at radius 2 is 1.91 bits per heavy atom. The first-order valence-corrected chi connectivity index (χ1v) is 11.7. The summed E-state index contributed by atoms with van der Waals surface area (Å²) in [6.45, 7) is 5.92. The summed E-state index contributed by atoms with van der Waals surface area (Å²) in [5.74, 6) is 0.547. The number of amides is 1. The molecular weight excluding hydrogens is 456 g/mol. The van der Waals surface area contributed by atoms with E-state index in [9.17, 15) is 9.59 Å². The molecule has 0 saturated carbocycles. The van der Waals surface area contributed by atoms with Crippen molar-refractivity contribution in [3.63, 3.8) is 0 Å². The van der Waals surface area contributed by atoms with Gasteiger partial charge in [-0.15, -0.1) is 0 Å². The molecule has 1 aromatic heterocycles. The molecule has 4 rings (SSSR count). The van der Waals surface area contributed by atoms with Gasteiger partial charge in [-0.05, 0) is 81.7 Å². The molecule has 8 nitrogen and oxygen atoms in total. The molecule has 9 heteroatoms. The summed E-state index contributed by atoms with van der Waals surface area (Å²) in [5, 5.41) is 7.70. The molecule has 1 saturated heterocycles. The number of hydrogen-bond acceptors (Lipinski definition) is 7. The van der Waals surface area contributed by atoms with Crippen LogP contribution in [0, 0.1) is 12.8 Å². The highest BCUT2D eigenvalue weighted by molar-refractivity contribution is 6.30. The molecule has 1 fully saturated rings. The van der Waals surface area contributed by atoms with Crippen molar-refractivity contribution < 1.29 is 18.8 Å². The minimum absolute atomic E-state index is 0.0356. The Labute approximate surface area is 203 Å². The number of halogens is 1. The van der Waals surface area contributed by atoms with Gasteiger partial charge in [-0.2, -0.15) is 4.98 Å². The van der Waals surface area contributed by atoms with E-state index in [0.717, 1.165) is 31.5 Å². The highest BCUT2D eigenvalue weighted by Crippen LogP contribution is 2.25. The number of rotatable bonds is 7. The van der Waals surface area contributed by atoms with E-state index in [-0.39, 0.29) is 17.8 Å².